The number of hydrogen-bond acceptors (Lipinski definition) is 2. The van der Waals surface area contributed by atoms with Gasteiger partial charge in [0.05, 0.1) is 5.03 Å². The maximum Gasteiger partial charge on any atom is 0.0966 e. The number of thioether (sulfide) groups is 1. The first kappa shape index (κ1) is 9.87. The molecule has 0 N–H and O–H groups in total. The van der Waals surface area contributed by atoms with E-state index in [0.29, 0.717) is 11.1 Å². The van der Waals surface area contributed by atoms with Crippen LogP contribution in [-0.4, -0.2) is 16.1 Å². The van der Waals surface area contributed by atoms with Crippen molar-refractivity contribution < 1.29 is 0 Å². The van der Waals surface area contributed by atoms with E-state index in [1.54, 1.807) is 11.8 Å². The van der Waals surface area contributed by atoms with E-state index in [4.69, 9.17) is 11.6 Å². The van der Waals surface area contributed by atoms with Gasteiger partial charge in [-0.05, 0) is 19.1 Å². The molecule has 1 heterocycles. The van der Waals surface area contributed by atoms with E-state index >= 15 is 0 Å². The number of aryl methyl sites for hydroxylation is 1. The zero-order chi connectivity index (χ0) is 8.97. The van der Waals surface area contributed by atoms with Crippen LogP contribution in [0.3, 0.4) is 0 Å². The minimum Gasteiger partial charge on any atom is -0.247 e. The third-order valence-corrected chi connectivity index (χ3v) is 3.09. The first-order chi connectivity index (χ1) is 5.72. The smallest absolute Gasteiger partial charge is 0.0966 e. The second-order valence-electron chi connectivity index (χ2n) is 2.70. The minimum absolute atomic E-state index is 0.431. The summed E-state index contributed by atoms with van der Waals surface area (Å²) in [6.07, 6.45) is 0. The predicted molar refractivity (Wildman–Crippen MR) is 55.0 cm³/mol. The van der Waals surface area contributed by atoms with Gasteiger partial charge in [0.2, 0.25) is 0 Å². The van der Waals surface area contributed by atoms with Crippen LogP contribution in [0.25, 0.3) is 0 Å². The Morgan fingerprint density at radius 3 is 2.92 bits per heavy atom. The molecular formula is C9H12ClNS. The van der Waals surface area contributed by atoms with Crippen LogP contribution in [0.15, 0.2) is 23.2 Å². The third-order valence-electron chi connectivity index (χ3n) is 1.40. The van der Waals surface area contributed by atoms with Gasteiger partial charge in [-0.2, -0.15) is 0 Å². The number of pyridine rings is 1. The molecule has 1 nitrogen and oxygen atoms in total. The number of rotatable bonds is 3. The largest absolute Gasteiger partial charge is 0.247 e. The topological polar surface area (TPSA) is 12.9 Å². The maximum atomic E-state index is 5.69. The molecule has 1 aromatic rings. The van der Waals surface area contributed by atoms with Gasteiger partial charge in [-0.1, -0.05) is 13.0 Å². The molecule has 0 bridgehead atoms. The number of alkyl halides is 1. The zero-order valence-corrected chi connectivity index (χ0v) is 8.82. The summed E-state index contributed by atoms with van der Waals surface area (Å²) in [6.45, 7) is 4.09. The maximum absolute atomic E-state index is 5.69. The fourth-order valence-electron chi connectivity index (χ4n) is 0.821. The second kappa shape index (κ2) is 4.73. The van der Waals surface area contributed by atoms with E-state index in [1.807, 2.05) is 25.1 Å². The number of nitrogens with zero attached hydrogens (tertiary/aromatic N) is 1. The summed E-state index contributed by atoms with van der Waals surface area (Å²) in [5, 5.41) is 1.49. The zero-order valence-electron chi connectivity index (χ0n) is 7.25. The lowest BCUT2D eigenvalue weighted by atomic mass is 10.4. The van der Waals surface area contributed by atoms with Crippen LogP contribution < -0.4 is 0 Å². The summed E-state index contributed by atoms with van der Waals surface area (Å²) < 4.78 is 0. The fraction of sp³-hybridized carbons (Fsp3) is 0.444. The number of hydrogen-bond donors (Lipinski definition) is 0. The Kier molecular flexibility index (Phi) is 3.89. The molecule has 0 aliphatic heterocycles. The Bertz CT molecular complexity index is 252. The van der Waals surface area contributed by atoms with Crippen LogP contribution in [0.5, 0.6) is 0 Å². The molecule has 1 atom stereocenters. The molecule has 12 heavy (non-hydrogen) atoms. The van der Waals surface area contributed by atoms with E-state index < -0.39 is 0 Å². The van der Waals surface area contributed by atoms with E-state index in [-0.39, 0.29) is 0 Å². The van der Waals surface area contributed by atoms with Crippen LogP contribution >= 0.6 is 23.4 Å². The Morgan fingerprint density at radius 2 is 2.33 bits per heavy atom. The Morgan fingerprint density at radius 1 is 1.58 bits per heavy atom. The van der Waals surface area contributed by atoms with Gasteiger partial charge in [0.25, 0.3) is 0 Å². The molecule has 0 aliphatic rings. The summed E-state index contributed by atoms with van der Waals surface area (Å²) in [7, 11) is 0. The van der Waals surface area contributed by atoms with Crippen molar-refractivity contribution in [2.45, 2.75) is 24.1 Å². The Hall–Kier alpha value is -0.210. The molecular weight excluding hydrogens is 190 g/mol. The van der Waals surface area contributed by atoms with Crippen molar-refractivity contribution in [1.82, 2.24) is 4.98 Å². The highest BCUT2D eigenvalue weighted by atomic mass is 35.5. The summed E-state index contributed by atoms with van der Waals surface area (Å²) in [5.74, 6) is 0.667. The minimum atomic E-state index is 0.431. The second-order valence-corrected chi connectivity index (χ2v) is 4.47. The number of aromatic nitrogens is 1. The van der Waals surface area contributed by atoms with Gasteiger partial charge in [0.15, 0.2) is 0 Å². The molecule has 3 heteroatoms. The van der Waals surface area contributed by atoms with Crippen molar-refractivity contribution >= 4 is 23.4 Å². The highest BCUT2D eigenvalue weighted by molar-refractivity contribution is 7.99. The number of halogens is 1. The monoisotopic (exact) mass is 201 g/mol. The molecule has 0 saturated carbocycles. The Balaban J connectivity index is 2.63. The average molecular weight is 202 g/mol. The molecule has 0 saturated heterocycles. The van der Waals surface area contributed by atoms with E-state index in [9.17, 15) is 0 Å². The van der Waals surface area contributed by atoms with E-state index in [2.05, 4.69) is 11.9 Å². The lowest BCUT2D eigenvalue weighted by Crippen LogP contribution is -1.97. The molecule has 0 fully saturated rings. The molecule has 1 unspecified atom stereocenters. The first-order valence-electron chi connectivity index (χ1n) is 3.88. The van der Waals surface area contributed by atoms with Gasteiger partial charge in [-0.25, -0.2) is 4.98 Å². The summed E-state index contributed by atoms with van der Waals surface area (Å²) in [6, 6.07) is 6.03. The molecule has 0 aliphatic carbocycles. The molecule has 0 amide bonds. The quantitative estimate of drug-likeness (QED) is 0.551. The van der Waals surface area contributed by atoms with Crippen LogP contribution in [0.4, 0.5) is 0 Å². The van der Waals surface area contributed by atoms with Gasteiger partial charge in [0.1, 0.15) is 0 Å². The summed E-state index contributed by atoms with van der Waals surface area (Å²) >= 11 is 7.41. The van der Waals surface area contributed by atoms with Crippen molar-refractivity contribution in [2.75, 3.05) is 5.88 Å². The standard InChI is InChI=1S/C9H12ClNS/c1-7-4-3-5-9(11-7)12-8(2)6-10/h3-5,8H,6H2,1-2H3. The van der Waals surface area contributed by atoms with E-state index in [0.717, 1.165) is 10.7 Å². The fourth-order valence-corrected chi connectivity index (χ4v) is 1.84. The SMILES string of the molecule is Cc1cccc(SC(C)CCl)n1. The molecule has 0 spiro atoms. The van der Waals surface area contributed by atoms with Crippen LogP contribution in [0.2, 0.25) is 0 Å². The molecule has 1 aromatic heterocycles. The first-order valence-corrected chi connectivity index (χ1v) is 5.30. The lowest BCUT2D eigenvalue weighted by Gasteiger charge is -2.05. The third kappa shape index (κ3) is 3.03. The average Bonchev–Trinajstić information content (AvgIpc) is 2.04. The van der Waals surface area contributed by atoms with Gasteiger partial charge < -0.3 is 0 Å². The van der Waals surface area contributed by atoms with Crippen LogP contribution in [-0.2, 0) is 0 Å². The van der Waals surface area contributed by atoms with Gasteiger partial charge in [-0.3, -0.25) is 0 Å². The van der Waals surface area contributed by atoms with Crippen molar-refractivity contribution in [2.24, 2.45) is 0 Å². The predicted octanol–water partition coefficient (Wildman–Crippen LogP) is 3.11. The lowest BCUT2D eigenvalue weighted by molar-refractivity contribution is 1.04. The van der Waals surface area contributed by atoms with Crippen LogP contribution in [0.1, 0.15) is 12.6 Å². The van der Waals surface area contributed by atoms with E-state index in [1.165, 1.54) is 0 Å². The van der Waals surface area contributed by atoms with Crippen molar-refractivity contribution in [3.8, 4) is 0 Å². The molecule has 66 valence electrons. The molecule has 0 aromatic carbocycles. The Labute approximate surface area is 82.5 Å². The van der Waals surface area contributed by atoms with Crippen molar-refractivity contribution in [3.05, 3.63) is 23.9 Å². The van der Waals surface area contributed by atoms with Gasteiger partial charge >= 0.3 is 0 Å². The van der Waals surface area contributed by atoms with Crippen molar-refractivity contribution in [3.63, 3.8) is 0 Å². The van der Waals surface area contributed by atoms with Gasteiger partial charge in [-0.15, -0.1) is 23.4 Å². The van der Waals surface area contributed by atoms with Gasteiger partial charge in [0, 0.05) is 16.8 Å². The highest BCUT2D eigenvalue weighted by Crippen LogP contribution is 2.21. The molecule has 1 rings (SSSR count). The van der Waals surface area contributed by atoms with Crippen LogP contribution in [0, 0.1) is 6.92 Å². The summed E-state index contributed by atoms with van der Waals surface area (Å²) in [5.41, 5.74) is 1.06. The highest BCUT2D eigenvalue weighted by Gasteiger charge is 2.02. The normalized spacial score (nSPS) is 12.9. The molecule has 0 radical (unpaired) electrons. The summed E-state index contributed by atoms with van der Waals surface area (Å²) in [4.78, 5) is 4.37. The van der Waals surface area contributed by atoms with Crippen molar-refractivity contribution in [1.29, 1.82) is 0 Å².